The Labute approximate surface area is 176 Å². The van der Waals surface area contributed by atoms with Crippen molar-refractivity contribution in [2.75, 3.05) is 0 Å². The monoisotopic (exact) mass is 473 g/mol. The van der Waals surface area contributed by atoms with Gasteiger partial charge in [0.15, 0.2) is 0 Å². The minimum absolute atomic E-state index is 0.0166. The Hall–Kier alpha value is -2.59. The first-order valence-electron chi connectivity index (χ1n) is 8.05. The number of rotatable bonds is 5. The molecular weight excluding hydrogens is 462 g/mol. The molecule has 3 rings (SSSR count). The molecule has 0 bridgehead atoms. The number of nitrogens with zero attached hydrogens (tertiary/aromatic N) is 1. The maximum absolute atomic E-state index is 12.3. The fourth-order valence-corrected chi connectivity index (χ4v) is 3.69. The lowest BCUT2D eigenvalue weighted by atomic mass is 10.0. The molecule has 3 aromatic carbocycles. The van der Waals surface area contributed by atoms with Crippen LogP contribution in [0.25, 0.3) is 11.6 Å². The summed E-state index contributed by atoms with van der Waals surface area (Å²) in [5.74, 6) is 0.175. The van der Waals surface area contributed by atoms with Gasteiger partial charge in [-0.2, -0.15) is 13.7 Å². The van der Waals surface area contributed by atoms with Gasteiger partial charge in [0.05, 0.1) is 11.6 Å². The maximum atomic E-state index is 12.3. The fraction of sp³-hybridized carbons (Fsp3) is 0. The van der Waals surface area contributed by atoms with Crippen molar-refractivity contribution in [2.45, 2.75) is 4.90 Å². The van der Waals surface area contributed by atoms with Gasteiger partial charge in [-0.15, -0.1) is 0 Å². The summed E-state index contributed by atoms with van der Waals surface area (Å²) in [4.78, 5) is 0.0166. The molecule has 0 aliphatic heterocycles. The Bertz CT molecular complexity index is 1150. The molecule has 0 saturated heterocycles. The first kappa shape index (κ1) is 20.2. The van der Waals surface area contributed by atoms with Crippen LogP contribution in [-0.2, 0) is 10.1 Å². The van der Waals surface area contributed by atoms with Gasteiger partial charge in [-0.1, -0.05) is 51.8 Å². The van der Waals surface area contributed by atoms with Crippen molar-refractivity contribution < 1.29 is 12.6 Å². The summed E-state index contributed by atoms with van der Waals surface area (Å²) in [6.07, 6.45) is 1.72. The molecule has 0 amide bonds. The fourth-order valence-electron chi connectivity index (χ4n) is 2.37. The second-order valence-corrected chi connectivity index (χ2v) is 8.64. The van der Waals surface area contributed by atoms with Crippen molar-refractivity contribution in [1.29, 1.82) is 5.26 Å². The highest BCUT2D eigenvalue weighted by Crippen LogP contribution is 2.23. The van der Waals surface area contributed by atoms with Crippen LogP contribution in [0.3, 0.4) is 0 Å². The van der Waals surface area contributed by atoms with Crippen LogP contribution in [0, 0.1) is 11.3 Å². The van der Waals surface area contributed by atoms with E-state index in [1.165, 1.54) is 36.4 Å². The van der Waals surface area contributed by atoms with E-state index in [-0.39, 0.29) is 10.6 Å². The van der Waals surface area contributed by atoms with Gasteiger partial charge < -0.3 is 4.18 Å². The molecule has 0 atom stereocenters. The Morgan fingerprint density at radius 1 is 0.964 bits per heavy atom. The van der Waals surface area contributed by atoms with E-state index in [2.05, 4.69) is 22.0 Å². The predicted octanol–water partition coefficient (Wildman–Crippen LogP) is 5.93. The molecule has 0 spiro atoms. The van der Waals surface area contributed by atoms with Crippen LogP contribution < -0.4 is 4.18 Å². The molecule has 0 fully saturated rings. The van der Waals surface area contributed by atoms with E-state index in [0.29, 0.717) is 10.6 Å². The van der Waals surface area contributed by atoms with E-state index in [1.54, 1.807) is 18.2 Å². The Kier molecular flexibility index (Phi) is 6.20. The zero-order valence-electron chi connectivity index (χ0n) is 14.3. The summed E-state index contributed by atoms with van der Waals surface area (Å²) in [7, 11) is -3.95. The average molecular weight is 475 g/mol. The highest BCUT2D eigenvalue weighted by Gasteiger charge is 2.16. The normalized spacial score (nSPS) is 11.7. The summed E-state index contributed by atoms with van der Waals surface area (Å²) in [5, 5.41) is 9.86. The first-order chi connectivity index (χ1) is 13.4. The van der Waals surface area contributed by atoms with Crippen LogP contribution in [0.1, 0.15) is 11.1 Å². The quantitative estimate of drug-likeness (QED) is 0.261. The summed E-state index contributed by atoms with van der Waals surface area (Å²) in [6, 6.07) is 21.7. The van der Waals surface area contributed by atoms with Crippen molar-refractivity contribution in [3.63, 3.8) is 0 Å². The molecule has 0 N–H and O–H groups in total. The van der Waals surface area contributed by atoms with Gasteiger partial charge >= 0.3 is 10.1 Å². The van der Waals surface area contributed by atoms with Crippen molar-refractivity contribution in [1.82, 2.24) is 0 Å². The van der Waals surface area contributed by atoms with E-state index in [0.717, 1.165) is 15.6 Å². The van der Waals surface area contributed by atoms with E-state index < -0.39 is 10.1 Å². The average Bonchev–Trinajstić information content (AvgIpc) is 2.68. The topological polar surface area (TPSA) is 67.2 Å². The number of hydrogen-bond acceptors (Lipinski definition) is 4. The van der Waals surface area contributed by atoms with Gasteiger partial charge in [0, 0.05) is 9.50 Å². The van der Waals surface area contributed by atoms with Crippen molar-refractivity contribution in [3.8, 4) is 11.8 Å². The molecule has 7 heteroatoms. The third-order valence-corrected chi connectivity index (χ3v) is 5.82. The summed E-state index contributed by atoms with van der Waals surface area (Å²) in [6.45, 7) is 0. The minimum atomic E-state index is -3.95. The molecular formula is C21H13BrClNO3S. The van der Waals surface area contributed by atoms with Gasteiger partial charge in [0.25, 0.3) is 0 Å². The summed E-state index contributed by atoms with van der Waals surface area (Å²) >= 11 is 9.14. The van der Waals surface area contributed by atoms with Crippen LogP contribution in [0.2, 0.25) is 5.02 Å². The van der Waals surface area contributed by atoms with Gasteiger partial charge in [0.1, 0.15) is 10.6 Å². The van der Waals surface area contributed by atoms with Crippen molar-refractivity contribution in [2.24, 2.45) is 0 Å². The van der Waals surface area contributed by atoms with Gasteiger partial charge in [0.2, 0.25) is 0 Å². The van der Waals surface area contributed by atoms with Gasteiger partial charge in [-0.05, 0) is 65.7 Å². The van der Waals surface area contributed by atoms with E-state index >= 15 is 0 Å². The SMILES string of the molecule is N#C/C(=C\c1ccc(OS(=O)(=O)c2ccc(Cl)cc2)cc1)c1ccc(Br)cc1. The largest absolute Gasteiger partial charge is 0.379 e. The minimum Gasteiger partial charge on any atom is -0.379 e. The Morgan fingerprint density at radius 3 is 2.14 bits per heavy atom. The van der Waals surface area contributed by atoms with E-state index in [9.17, 15) is 13.7 Å². The summed E-state index contributed by atoms with van der Waals surface area (Å²) in [5.41, 5.74) is 2.03. The first-order valence-corrected chi connectivity index (χ1v) is 10.6. The zero-order valence-corrected chi connectivity index (χ0v) is 17.5. The maximum Gasteiger partial charge on any atom is 0.339 e. The van der Waals surface area contributed by atoms with Crippen molar-refractivity contribution in [3.05, 3.63) is 93.4 Å². The molecule has 0 aromatic heterocycles. The highest BCUT2D eigenvalue weighted by molar-refractivity contribution is 9.10. The smallest absolute Gasteiger partial charge is 0.339 e. The molecule has 4 nitrogen and oxygen atoms in total. The Morgan fingerprint density at radius 2 is 1.57 bits per heavy atom. The molecule has 28 heavy (non-hydrogen) atoms. The lowest BCUT2D eigenvalue weighted by molar-refractivity contribution is 0.486. The van der Waals surface area contributed by atoms with Gasteiger partial charge in [-0.3, -0.25) is 0 Å². The number of halogens is 2. The molecule has 0 unspecified atom stereocenters. The Balaban J connectivity index is 1.80. The van der Waals surface area contributed by atoms with Crippen molar-refractivity contribution >= 4 is 49.3 Å². The lowest BCUT2D eigenvalue weighted by Gasteiger charge is -2.07. The molecule has 0 saturated carbocycles. The summed E-state index contributed by atoms with van der Waals surface area (Å²) < 4.78 is 30.7. The number of benzene rings is 3. The molecule has 0 radical (unpaired) electrons. The highest BCUT2D eigenvalue weighted by atomic mass is 79.9. The molecule has 140 valence electrons. The third-order valence-electron chi connectivity index (χ3n) is 3.78. The molecule has 0 aliphatic carbocycles. The van der Waals surface area contributed by atoms with Gasteiger partial charge in [-0.25, -0.2) is 0 Å². The van der Waals surface area contributed by atoms with E-state index in [4.69, 9.17) is 15.8 Å². The number of allylic oxidation sites excluding steroid dienone is 1. The van der Waals surface area contributed by atoms with Crippen LogP contribution in [0.5, 0.6) is 5.75 Å². The van der Waals surface area contributed by atoms with E-state index in [1.807, 2.05) is 24.3 Å². The lowest BCUT2D eigenvalue weighted by Crippen LogP contribution is -2.09. The van der Waals surface area contributed by atoms with Crippen LogP contribution in [0.15, 0.2) is 82.2 Å². The molecule has 0 aliphatic rings. The predicted molar refractivity (Wildman–Crippen MR) is 113 cm³/mol. The molecule has 3 aromatic rings. The second-order valence-electron chi connectivity index (χ2n) is 5.74. The second kappa shape index (κ2) is 8.61. The number of nitriles is 1. The third kappa shape index (κ3) is 5.02. The van der Waals surface area contributed by atoms with Crippen LogP contribution in [0.4, 0.5) is 0 Å². The van der Waals surface area contributed by atoms with Crippen LogP contribution >= 0.6 is 27.5 Å². The molecule has 0 heterocycles. The number of hydrogen-bond donors (Lipinski definition) is 0. The standard InChI is InChI=1S/C21H13BrClNO3S/c22-18-5-3-16(4-6-18)17(14-24)13-15-1-9-20(10-2-15)27-28(25,26)21-11-7-19(23)8-12-21/h1-13H/b17-13+. The zero-order chi connectivity index (χ0) is 20.1. The van der Waals surface area contributed by atoms with Crippen LogP contribution in [-0.4, -0.2) is 8.42 Å².